The van der Waals surface area contributed by atoms with Crippen molar-refractivity contribution < 1.29 is 9.47 Å². The van der Waals surface area contributed by atoms with Gasteiger partial charge in [-0.15, -0.1) is 0 Å². The SMILES string of the molecule is CCN1CCOC(COc2ccc3ccccc3c2Br)C1. The van der Waals surface area contributed by atoms with E-state index in [-0.39, 0.29) is 6.10 Å². The molecule has 1 aliphatic heterocycles. The van der Waals surface area contributed by atoms with Crippen molar-refractivity contribution in [1.82, 2.24) is 4.90 Å². The van der Waals surface area contributed by atoms with Gasteiger partial charge in [0.25, 0.3) is 0 Å². The van der Waals surface area contributed by atoms with E-state index >= 15 is 0 Å². The molecule has 1 atom stereocenters. The van der Waals surface area contributed by atoms with Crippen LogP contribution >= 0.6 is 15.9 Å². The van der Waals surface area contributed by atoms with Gasteiger partial charge in [-0.05, 0) is 39.3 Å². The molecule has 0 N–H and O–H groups in total. The second kappa shape index (κ2) is 6.77. The summed E-state index contributed by atoms with van der Waals surface area (Å²) in [7, 11) is 0. The van der Waals surface area contributed by atoms with E-state index in [1.807, 2.05) is 18.2 Å². The number of rotatable bonds is 4. The molecule has 4 heteroatoms. The third-order valence-corrected chi connectivity index (χ3v) is 4.74. The number of fused-ring (bicyclic) bond motifs is 1. The van der Waals surface area contributed by atoms with Crippen molar-refractivity contribution in [3.8, 4) is 5.75 Å². The monoisotopic (exact) mass is 349 g/mol. The Bertz CT molecular complexity index is 617. The largest absolute Gasteiger partial charge is 0.490 e. The van der Waals surface area contributed by atoms with Gasteiger partial charge in [-0.2, -0.15) is 0 Å². The highest BCUT2D eigenvalue weighted by Crippen LogP contribution is 2.33. The van der Waals surface area contributed by atoms with E-state index in [0.717, 1.165) is 36.5 Å². The minimum absolute atomic E-state index is 0.150. The first-order valence-corrected chi connectivity index (χ1v) is 8.21. The summed E-state index contributed by atoms with van der Waals surface area (Å²) in [6.45, 7) is 6.60. The lowest BCUT2D eigenvalue weighted by Gasteiger charge is -2.31. The van der Waals surface area contributed by atoms with Gasteiger partial charge in [0.2, 0.25) is 0 Å². The van der Waals surface area contributed by atoms with Crippen LogP contribution in [0.3, 0.4) is 0 Å². The Morgan fingerprint density at radius 3 is 3.00 bits per heavy atom. The third kappa shape index (κ3) is 3.39. The maximum absolute atomic E-state index is 5.98. The predicted molar refractivity (Wildman–Crippen MR) is 89.0 cm³/mol. The van der Waals surface area contributed by atoms with Gasteiger partial charge in [0.15, 0.2) is 0 Å². The summed E-state index contributed by atoms with van der Waals surface area (Å²) in [4.78, 5) is 2.40. The Hall–Kier alpha value is -1.10. The molecule has 0 aromatic heterocycles. The third-order valence-electron chi connectivity index (χ3n) is 3.92. The molecule has 3 nitrogen and oxygen atoms in total. The lowest BCUT2D eigenvalue weighted by Crippen LogP contribution is -2.44. The molecule has 2 aromatic rings. The van der Waals surface area contributed by atoms with Crippen molar-refractivity contribution in [2.75, 3.05) is 32.8 Å². The van der Waals surface area contributed by atoms with Gasteiger partial charge in [0.1, 0.15) is 18.5 Å². The van der Waals surface area contributed by atoms with Crippen LogP contribution in [-0.4, -0.2) is 43.9 Å². The molecular weight excluding hydrogens is 330 g/mol. The van der Waals surface area contributed by atoms with Crippen molar-refractivity contribution >= 4 is 26.7 Å². The van der Waals surface area contributed by atoms with Crippen LogP contribution in [0.2, 0.25) is 0 Å². The molecule has 0 radical (unpaired) electrons. The predicted octanol–water partition coefficient (Wildman–Crippen LogP) is 3.70. The molecule has 0 spiro atoms. The molecular formula is C17H20BrNO2. The number of ether oxygens (including phenoxy) is 2. The first kappa shape index (κ1) is 14.8. The maximum Gasteiger partial charge on any atom is 0.134 e. The molecule has 0 amide bonds. The van der Waals surface area contributed by atoms with Crippen LogP contribution in [0, 0.1) is 0 Å². The summed E-state index contributed by atoms with van der Waals surface area (Å²) in [6.07, 6.45) is 0.150. The smallest absolute Gasteiger partial charge is 0.134 e. The number of nitrogens with zero attached hydrogens (tertiary/aromatic N) is 1. The van der Waals surface area contributed by atoms with E-state index in [1.54, 1.807) is 0 Å². The molecule has 1 unspecified atom stereocenters. The molecule has 3 rings (SSSR count). The molecule has 0 saturated carbocycles. The van der Waals surface area contributed by atoms with E-state index < -0.39 is 0 Å². The molecule has 1 heterocycles. The highest BCUT2D eigenvalue weighted by atomic mass is 79.9. The average molecular weight is 350 g/mol. The summed E-state index contributed by atoms with van der Waals surface area (Å²) >= 11 is 3.66. The van der Waals surface area contributed by atoms with Crippen LogP contribution in [-0.2, 0) is 4.74 Å². The van der Waals surface area contributed by atoms with Crippen LogP contribution in [0.25, 0.3) is 10.8 Å². The number of hydrogen-bond donors (Lipinski definition) is 0. The summed E-state index contributed by atoms with van der Waals surface area (Å²) in [5.74, 6) is 0.880. The first-order chi connectivity index (χ1) is 10.3. The highest BCUT2D eigenvalue weighted by Gasteiger charge is 2.20. The van der Waals surface area contributed by atoms with Gasteiger partial charge < -0.3 is 9.47 Å². The van der Waals surface area contributed by atoms with Gasteiger partial charge in [-0.1, -0.05) is 37.3 Å². The molecule has 1 fully saturated rings. The number of hydrogen-bond acceptors (Lipinski definition) is 3. The standard InChI is InChI=1S/C17H20BrNO2/c1-2-19-9-10-20-14(11-19)12-21-16-8-7-13-5-3-4-6-15(13)17(16)18/h3-8,14H,2,9-12H2,1H3. The van der Waals surface area contributed by atoms with Crippen molar-refractivity contribution in [2.24, 2.45) is 0 Å². The van der Waals surface area contributed by atoms with Crippen LogP contribution in [0.15, 0.2) is 40.9 Å². The molecule has 112 valence electrons. The summed E-state index contributed by atoms with van der Waals surface area (Å²) < 4.78 is 12.8. The normalized spacial score (nSPS) is 19.8. The van der Waals surface area contributed by atoms with Gasteiger partial charge in [0, 0.05) is 13.1 Å². The Balaban J connectivity index is 1.69. The Kier molecular flexibility index (Phi) is 4.78. The van der Waals surface area contributed by atoms with Crippen LogP contribution in [0.1, 0.15) is 6.92 Å². The Morgan fingerprint density at radius 1 is 1.29 bits per heavy atom. The van der Waals surface area contributed by atoms with E-state index in [9.17, 15) is 0 Å². The summed E-state index contributed by atoms with van der Waals surface area (Å²) in [5.41, 5.74) is 0. The second-order valence-corrected chi connectivity index (χ2v) is 6.09. The fraction of sp³-hybridized carbons (Fsp3) is 0.412. The zero-order valence-corrected chi connectivity index (χ0v) is 13.8. The van der Waals surface area contributed by atoms with Gasteiger partial charge in [-0.25, -0.2) is 0 Å². The zero-order chi connectivity index (χ0) is 14.7. The van der Waals surface area contributed by atoms with Gasteiger partial charge in [-0.3, -0.25) is 4.90 Å². The molecule has 1 aliphatic rings. The maximum atomic E-state index is 5.98. The van der Waals surface area contributed by atoms with Gasteiger partial charge >= 0.3 is 0 Å². The van der Waals surface area contributed by atoms with Crippen LogP contribution in [0.4, 0.5) is 0 Å². The van der Waals surface area contributed by atoms with E-state index in [4.69, 9.17) is 9.47 Å². The van der Waals surface area contributed by atoms with Crippen molar-refractivity contribution in [2.45, 2.75) is 13.0 Å². The average Bonchev–Trinajstić information content (AvgIpc) is 2.55. The topological polar surface area (TPSA) is 21.7 Å². The number of benzene rings is 2. The first-order valence-electron chi connectivity index (χ1n) is 7.42. The molecule has 21 heavy (non-hydrogen) atoms. The molecule has 2 aromatic carbocycles. The molecule has 0 aliphatic carbocycles. The minimum atomic E-state index is 0.150. The van der Waals surface area contributed by atoms with Crippen molar-refractivity contribution in [1.29, 1.82) is 0 Å². The van der Waals surface area contributed by atoms with E-state index in [1.165, 1.54) is 10.8 Å². The summed E-state index contributed by atoms with van der Waals surface area (Å²) in [5, 5.41) is 2.39. The summed E-state index contributed by atoms with van der Waals surface area (Å²) in [6, 6.07) is 12.4. The number of morpholine rings is 1. The lowest BCUT2D eigenvalue weighted by atomic mass is 10.1. The number of likely N-dealkylation sites (N-methyl/N-ethyl adjacent to an activating group) is 1. The Morgan fingerprint density at radius 2 is 2.14 bits per heavy atom. The van der Waals surface area contributed by atoms with E-state index in [0.29, 0.717) is 6.61 Å². The highest BCUT2D eigenvalue weighted by molar-refractivity contribution is 9.10. The zero-order valence-electron chi connectivity index (χ0n) is 12.2. The quantitative estimate of drug-likeness (QED) is 0.839. The lowest BCUT2D eigenvalue weighted by molar-refractivity contribution is -0.0464. The van der Waals surface area contributed by atoms with Crippen LogP contribution in [0.5, 0.6) is 5.75 Å². The molecule has 1 saturated heterocycles. The van der Waals surface area contributed by atoms with Crippen molar-refractivity contribution in [3.63, 3.8) is 0 Å². The van der Waals surface area contributed by atoms with Gasteiger partial charge in [0.05, 0.1) is 11.1 Å². The fourth-order valence-corrected chi connectivity index (χ4v) is 3.28. The minimum Gasteiger partial charge on any atom is -0.490 e. The van der Waals surface area contributed by atoms with Crippen molar-refractivity contribution in [3.05, 3.63) is 40.9 Å². The number of halogens is 1. The molecule has 0 bridgehead atoms. The van der Waals surface area contributed by atoms with E-state index in [2.05, 4.69) is 46.0 Å². The Labute approximate surface area is 134 Å². The van der Waals surface area contributed by atoms with Crippen LogP contribution < -0.4 is 4.74 Å². The second-order valence-electron chi connectivity index (χ2n) is 5.30. The fourth-order valence-electron chi connectivity index (χ4n) is 2.68.